The normalized spacial score (nSPS) is 11.1. The van der Waals surface area contributed by atoms with Crippen LogP contribution in [0, 0.1) is 11.7 Å². The van der Waals surface area contributed by atoms with E-state index in [2.05, 4.69) is 29.5 Å². The van der Waals surface area contributed by atoms with Crippen LogP contribution in [0.2, 0.25) is 0 Å². The summed E-state index contributed by atoms with van der Waals surface area (Å²) in [5, 5.41) is 15.3. The molecule has 0 spiro atoms. The molecule has 1 rings (SSSR count). The smallest absolute Gasteiger partial charge is 0.191 e. The maximum Gasteiger partial charge on any atom is 0.191 e. The second-order valence-electron chi connectivity index (χ2n) is 4.49. The van der Waals surface area contributed by atoms with Crippen LogP contribution in [0.4, 0.5) is 4.39 Å². The van der Waals surface area contributed by atoms with Gasteiger partial charge in [-0.2, -0.15) is 0 Å². The van der Waals surface area contributed by atoms with Crippen molar-refractivity contribution < 1.29 is 9.50 Å². The van der Waals surface area contributed by atoms with Crippen molar-refractivity contribution in [1.29, 1.82) is 0 Å². The highest BCUT2D eigenvalue weighted by Crippen LogP contribution is 2.15. The summed E-state index contributed by atoms with van der Waals surface area (Å²) >= 11 is 0. The summed E-state index contributed by atoms with van der Waals surface area (Å²) in [6, 6.07) is 4.32. The van der Waals surface area contributed by atoms with Gasteiger partial charge in [-0.25, -0.2) is 4.39 Å². The van der Waals surface area contributed by atoms with Crippen molar-refractivity contribution in [3.63, 3.8) is 0 Å². The number of hydrogen-bond acceptors (Lipinski definition) is 2. The highest BCUT2D eigenvalue weighted by molar-refractivity contribution is 14.0. The Labute approximate surface area is 130 Å². The summed E-state index contributed by atoms with van der Waals surface area (Å²) in [6.07, 6.45) is 0. The fraction of sp³-hybridized carbons (Fsp3) is 0.462. The van der Waals surface area contributed by atoms with E-state index in [4.69, 9.17) is 5.11 Å². The fourth-order valence-electron chi connectivity index (χ4n) is 1.37. The van der Waals surface area contributed by atoms with Crippen LogP contribution in [0.25, 0.3) is 0 Å². The highest BCUT2D eigenvalue weighted by atomic mass is 127. The van der Waals surface area contributed by atoms with Gasteiger partial charge < -0.3 is 15.7 Å². The van der Waals surface area contributed by atoms with Crippen molar-refractivity contribution in [2.75, 3.05) is 13.6 Å². The molecular formula is C13H21FIN3O. The lowest BCUT2D eigenvalue weighted by molar-refractivity contribution is 0.431. The molecule has 0 aromatic heterocycles. The Morgan fingerprint density at radius 3 is 2.58 bits per heavy atom. The van der Waals surface area contributed by atoms with Crippen LogP contribution in [0.3, 0.4) is 0 Å². The van der Waals surface area contributed by atoms with E-state index in [0.717, 1.165) is 12.1 Å². The minimum Gasteiger partial charge on any atom is -0.505 e. The molecule has 0 atom stereocenters. The molecule has 0 aliphatic carbocycles. The third-order valence-corrected chi connectivity index (χ3v) is 2.37. The molecule has 1 aromatic carbocycles. The molecule has 0 heterocycles. The number of benzene rings is 1. The van der Waals surface area contributed by atoms with E-state index >= 15 is 0 Å². The molecule has 0 aliphatic heterocycles. The molecule has 0 amide bonds. The zero-order chi connectivity index (χ0) is 13.5. The molecule has 0 fully saturated rings. The molecule has 4 nitrogen and oxygen atoms in total. The van der Waals surface area contributed by atoms with Crippen LogP contribution in [0.15, 0.2) is 23.2 Å². The van der Waals surface area contributed by atoms with Gasteiger partial charge in [0.25, 0.3) is 0 Å². The highest BCUT2D eigenvalue weighted by Gasteiger charge is 2.03. The number of guanidine groups is 1. The minimum atomic E-state index is -0.612. The van der Waals surface area contributed by atoms with Gasteiger partial charge in [0.2, 0.25) is 0 Å². The van der Waals surface area contributed by atoms with Crippen molar-refractivity contribution in [1.82, 2.24) is 10.6 Å². The van der Waals surface area contributed by atoms with Crippen molar-refractivity contribution in [3.05, 3.63) is 29.6 Å². The number of aromatic hydroxyl groups is 1. The van der Waals surface area contributed by atoms with E-state index in [9.17, 15) is 4.39 Å². The maximum absolute atomic E-state index is 13.1. The molecule has 0 bridgehead atoms. The quantitative estimate of drug-likeness (QED) is 0.427. The van der Waals surface area contributed by atoms with Gasteiger partial charge >= 0.3 is 0 Å². The van der Waals surface area contributed by atoms with Gasteiger partial charge in [-0.15, -0.1) is 24.0 Å². The zero-order valence-corrected chi connectivity index (χ0v) is 13.7. The predicted molar refractivity (Wildman–Crippen MR) is 86.5 cm³/mol. The second kappa shape index (κ2) is 8.95. The van der Waals surface area contributed by atoms with E-state index in [1.165, 1.54) is 12.1 Å². The largest absolute Gasteiger partial charge is 0.505 e. The molecule has 108 valence electrons. The van der Waals surface area contributed by atoms with E-state index in [-0.39, 0.29) is 29.7 Å². The second-order valence-corrected chi connectivity index (χ2v) is 4.49. The first-order chi connectivity index (χ1) is 8.52. The van der Waals surface area contributed by atoms with Crippen LogP contribution < -0.4 is 10.6 Å². The monoisotopic (exact) mass is 381 g/mol. The SMILES string of the molecule is CN=C(NCc1ccc(O)c(F)c1)NCC(C)C.I. The number of hydrogen-bond donors (Lipinski definition) is 3. The number of rotatable bonds is 4. The molecule has 3 N–H and O–H groups in total. The molecular weight excluding hydrogens is 360 g/mol. The average Bonchev–Trinajstić information content (AvgIpc) is 2.33. The summed E-state index contributed by atoms with van der Waals surface area (Å²) in [4.78, 5) is 4.07. The van der Waals surface area contributed by atoms with Crippen molar-refractivity contribution in [3.8, 4) is 5.75 Å². The van der Waals surface area contributed by atoms with Gasteiger partial charge in [-0.3, -0.25) is 4.99 Å². The van der Waals surface area contributed by atoms with Gasteiger partial charge in [-0.05, 0) is 23.6 Å². The number of nitrogens with one attached hydrogen (secondary N) is 2. The van der Waals surface area contributed by atoms with Gasteiger partial charge in [-0.1, -0.05) is 19.9 Å². The first kappa shape index (κ1) is 17.9. The average molecular weight is 381 g/mol. The standard InChI is InChI=1S/C13H20FN3O.HI/c1-9(2)7-16-13(15-3)17-8-10-4-5-12(18)11(14)6-10;/h4-6,9,18H,7-8H2,1-3H3,(H2,15,16,17);1H. The molecule has 6 heteroatoms. The summed E-state index contributed by atoms with van der Waals surface area (Å²) < 4.78 is 13.1. The van der Waals surface area contributed by atoms with E-state index in [0.29, 0.717) is 18.4 Å². The van der Waals surface area contributed by atoms with E-state index < -0.39 is 5.82 Å². The van der Waals surface area contributed by atoms with E-state index in [1.807, 2.05) is 0 Å². The number of phenols is 1. The Morgan fingerprint density at radius 2 is 2.05 bits per heavy atom. The van der Waals surface area contributed by atoms with Crippen LogP contribution in [0.5, 0.6) is 5.75 Å². The number of halogens is 2. The summed E-state index contributed by atoms with van der Waals surface area (Å²) in [5.74, 6) is 0.257. The Bertz CT molecular complexity index is 424. The number of nitrogens with zero attached hydrogens (tertiary/aromatic N) is 1. The first-order valence-electron chi connectivity index (χ1n) is 5.95. The Morgan fingerprint density at radius 1 is 1.37 bits per heavy atom. The van der Waals surface area contributed by atoms with Gasteiger partial charge in [0.05, 0.1) is 0 Å². The van der Waals surface area contributed by atoms with Gasteiger partial charge in [0.1, 0.15) is 0 Å². The third kappa shape index (κ3) is 6.60. The Hall–Kier alpha value is -1.05. The lowest BCUT2D eigenvalue weighted by atomic mass is 10.2. The summed E-state index contributed by atoms with van der Waals surface area (Å²) in [5.41, 5.74) is 0.748. The van der Waals surface area contributed by atoms with Crippen molar-refractivity contribution in [2.45, 2.75) is 20.4 Å². The van der Waals surface area contributed by atoms with E-state index in [1.54, 1.807) is 13.1 Å². The molecule has 0 unspecified atom stereocenters. The van der Waals surface area contributed by atoms with Crippen LogP contribution in [0.1, 0.15) is 19.4 Å². The number of phenolic OH excluding ortho intramolecular Hbond substituents is 1. The topological polar surface area (TPSA) is 56.7 Å². The molecule has 19 heavy (non-hydrogen) atoms. The zero-order valence-electron chi connectivity index (χ0n) is 11.4. The molecule has 0 saturated heterocycles. The predicted octanol–water partition coefficient (Wildman–Crippen LogP) is 2.47. The van der Waals surface area contributed by atoms with Gasteiger partial charge in [0.15, 0.2) is 17.5 Å². The van der Waals surface area contributed by atoms with Crippen LogP contribution >= 0.6 is 24.0 Å². The summed E-state index contributed by atoms with van der Waals surface area (Å²) in [6.45, 7) is 5.49. The summed E-state index contributed by atoms with van der Waals surface area (Å²) in [7, 11) is 1.69. The van der Waals surface area contributed by atoms with Crippen LogP contribution in [-0.2, 0) is 6.54 Å². The van der Waals surface area contributed by atoms with Crippen molar-refractivity contribution in [2.24, 2.45) is 10.9 Å². The maximum atomic E-state index is 13.1. The minimum absolute atomic E-state index is 0. The lowest BCUT2D eigenvalue weighted by Gasteiger charge is -2.13. The molecule has 0 aliphatic rings. The van der Waals surface area contributed by atoms with Crippen molar-refractivity contribution >= 4 is 29.9 Å². The first-order valence-corrected chi connectivity index (χ1v) is 5.95. The lowest BCUT2D eigenvalue weighted by Crippen LogP contribution is -2.38. The molecule has 0 saturated carbocycles. The number of aliphatic imine (C=N–C) groups is 1. The van der Waals surface area contributed by atoms with Gasteiger partial charge in [0, 0.05) is 20.1 Å². The third-order valence-electron chi connectivity index (χ3n) is 2.37. The molecule has 1 aromatic rings. The fourth-order valence-corrected chi connectivity index (χ4v) is 1.37. The molecule has 0 radical (unpaired) electrons. The Kier molecular flexibility index (Phi) is 8.46. The Balaban J connectivity index is 0.00000324. The van der Waals surface area contributed by atoms with Crippen LogP contribution in [-0.4, -0.2) is 24.7 Å².